The second kappa shape index (κ2) is 7.25. The van der Waals surface area contributed by atoms with Gasteiger partial charge >= 0.3 is 0 Å². The first-order valence-corrected chi connectivity index (χ1v) is 12.2. The minimum absolute atomic E-state index is 0.486. The summed E-state index contributed by atoms with van der Waals surface area (Å²) in [6.45, 7) is 4.62. The van der Waals surface area contributed by atoms with E-state index in [-0.39, 0.29) is 0 Å². The SMILES string of the molecule is Cc1cc(C=Nc2ccc(C34CC5CC(CC(C5)C3)C4)cc2)ccc1N1CCCC1. The highest BCUT2D eigenvalue weighted by atomic mass is 15.1. The molecule has 0 radical (unpaired) electrons. The van der Waals surface area contributed by atoms with Gasteiger partial charge in [0.2, 0.25) is 0 Å². The number of aliphatic imine (C=N–C) groups is 1. The van der Waals surface area contributed by atoms with Crippen molar-refractivity contribution in [2.24, 2.45) is 22.7 Å². The van der Waals surface area contributed by atoms with Crippen molar-refractivity contribution in [1.82, 2.24) is 0 Å². The summed E-state index contributed by atoms with van der Waals surface area (Å²) in [4.78, 5) is 7.31. The fourth-order valence-corrected chi connectivity index (χ4v) is 7.59. The van der Waals surface area contributed by atoms with Crippen LogP contribution in [0, 0.1) is 24.7 Å². The Hall–Kier alpha value is -2.09. The summed E-state index contributed by atoms with van der Waals surface area (Å²) in [5.74, 6) is 3.00. The fourth-order valence-electron chi connectivity index (χ4n) is 7.59. The highest BCUT2D eigenvalue weighted by molar-refractivity contribution is 5.83. The van der Waals surface area contributed by atoms with Gasteiger partial charge in [0.25, 0.3) is 0 Å². The van der Waals surface area contributed by atoms with Gasteiger partial charge in [-0.3, -0.25) is 4.99 Å². The van der Waals surface area contributed by atoms with Crippen molar-refractivity contribution < 1.29 is 0 Å². The van der Waals surface area contributed by atoms with Gasteiger partial charge in [-0.1, -0.05) is 18.2 Å². The Labute approximate surface area is 181 Å². The maximum Gasteiger partial charge on any atom is 0.0630 e. The normalized spacial score (nSPS) is 32.4. The van der Waals surface area contributed by atoms with Crippen molar-refractivity contribution in [3.63, 3.8) is 0 Å². The van der Waals surface area contributed by atoms with Crippen molar-refractivity contribution in [2.45, 2.75) is 63.7 Å². The molecule has 2 aromatic carbocycles. The third-order valence-corrected chi connectivity index (χ3v) is 8.55. The molecule has 2 heteroatoms. The molecule has 2 nitrogen and oxygen atoms in total. The molecule has 4 saturated carbocycles. The number of aryl methyl sites for hydroxylation is 1. The summed E-state index contributed by atoms with van der Waals surface area (Å²) >= 11 is 0. The van der Waals surface area contributed by atoms with Crippen molar-refractivity contribution in [1.29, 1.82) is 0 Å². The minimum atomic E-state index is 0.486. The molecule has 0 atom stereocenters. The molecule has 0 spiro atoms. The first kappa shape index (κ1) is 18.7. The molecule has 2 aromatic rings. The summed E-state index contributed by atoms with van der Waals surface area (Å²) in [5, 5.41) is 0. The van der Waals surface area contributed by atoms with Gasteiger partial charge < -0.3 is 4.90 Å². The Morgan fingerprint density at radius 3 is 2.10 bits per heavy atom. The Morgan fingerprint density at radius 2 is 1.50 bits per heavy atom. The molecule has 0 unspecified atom stereocenters. The fraction of sp³-hybridized carbons (Fsp3) is 0.536. The van der Waals surface area contributed by atoms with Gasteiger partial charge in [0.05, 0.1) is 5.69 Å². The summed E-state index contributed by atoms with van der Waals surface area (Å²) in [6.07, 6.45) is 13.5. The lowest BCUT2D eigenvalue weighted by atomic mass is 9.48. The summed E-state index contributed by atoms with van der Waals surface area (Å²) < 4.78 is 0. The van der Waals surface area contributed by atoms with Crippen molar-refractivity contribution in [3.05, 3.63) is 59.2 Å². The zero-order valence-electron chi connectivity index (χ0n) is 18.3. The summed E-state index contributed by atoms with van der Waals surface area (Å²) in [7, 11) is 0. The lowest BCUT2D eigenvalue weighted by molar-refractivity contribution is -0.00518. The van der Waals surface area contributed by atoms with Crippen LogP contribution in [-0.2, 0) is 5.41 Å². The topological polar surface area (TPSA) is 15.6 Å². The Morgan fingerprint density at radius 1 is 0.867 bits per heavy atom. The summed E-state index contributed by atoms with van der Waals surface area (Å²) in [6, 6.07) is 16.0. The van der Waals surface area contributed by atoms with Gasteiger partial charge in [-0.25, -0.2) is 0 Å². The molecule has 4 bridgehead atoms. The van der Waals surface area contributed by atoms with E-state index < -0.39 is 0 Å². The molecule has 30 heavy (non-hydrogen) atoms. The van der Waals surface area contributed by atoms with Gasteiger partial charge in [-0.15, -0.1) is 0 Å². The molecule has 7 rings (SSSR count). The smallest absolute Gasteiger partial charge is 0.0630 e. The van der Waals surface area contributed by atoms with Crippen LogP contribution < -0.4 is 4.90 Å². The highest BCUT2D eigenvalue weighted by Crippen LogP contribution is 2.60. The maximum atomic E-state index is 4.79. The van der Waals surface area contributed by atoms with Gasteiger partial charge in [0, 0.05) is 25.0 Å². The quantitative estimate of drug-likeness (QED) is 0.516. The number of hydrogen-bond acceptors (Lipinski definition) is 2. The van der Waals surface area contributed by atoms with Crippen LogP contribution in [0.25, 0.3) is 0 Å². The van der Waals surface area contributed by atoms with Crippen LogP contribution in [0.15, 0.2) is 47.5 Å². The second-order valence-corrected chi connectivity index (χ2v) is 10.7. The van der Waals surface area contributed by atoms with E-state index in [2.05, 4.69) is 54.3 Å². The van der Waals surface area contributed by atoms with Crippen molar-refractivity contribution >= 4 is 17.6 Å². The van der Waals surface area contributed by atoms with Crippen LogP contribution >= 0.6 is 0 Å². The zero-order valence-corrected chi connectivity index (χ0v) is 18.3. The highest BCUT2D eigenvalue weighted by Gasteiger charge is 2.51. The number of rotatable bonds is 4. The van der Waals surface area contributed by atoms with E-state index in [9.17, 15) is 0 Å². The molecular weight excluding hydrogens is 364 g/mol. The molecule has 0 aromatic heterocycles. The largest absolute Gasteiger partial charge is 0.371 e. The second-order valence-electron chi connectivity index (χ2n) is 10.7. The van der Waals surface area contributed by atoms with Crippen LogP contribution in [0.5, 0.6) is 0 Å². The Bertz CT molecular complexity index is 914. The van der Waals surface area contributed by atoms with Crippen LogP contribution in [0.2, 0.25) is 0 Å². The van der Waals surface area contributed by atoms with Gasteiger partial charge in [0.1, 0.15) is 0 Å². The van der Waals surface area contributed by atoms with E-state index in [1.807, 2.05) is 6.21 Å². The van der Waals surface area contributed by atoms with E-state index in [0.717, 1.165) is 23.4 Å². The third kappa shape index (κ3) is 3.29. The number of hydrogen-bond donors (Lipinski definition) is 0. The van der Waals surface area contributed by atoms with E-state index >= 15 is 0 Å². The van der Waals surface area contributed by atoms with E-state index in [0.29, 0.717) is 5.41 Å². The molecule has 5 fully saturated rings. The van der Waals surface area contributed by atoms with Crippen LogP contribution in [-0.4, -0.2) is 19.3 Å². The molecule has 156 valence electrons. The zero-order chi connectivity index (χ0) is 20.1. The molecule has 0 N–H and O–H groups in total. The number of benzene rings is 2. The van der Waals surface area contributed by atoms with Gasteiger partial charge in [-0.05, 0) is 122 Å². The van der Waals surface area contributed by atoms with Crippen molar-refractivity contribution in [2.75, 3.05) is 18.0 Å². The van der Waals surface area contributed by atoms with Gasteiger partial charge in [-0.2, -0.15) is 0 Å². The van der Waals surface area contributed by atoms with Crippen LogP contribution in [0.4, 0.5) is 11.4 Å². The molecule has 0 amide bonds. The monoisotopic (exact) mass is 398 g/mol. The predicted molar refractivity (Wildman–Crippen MR) is 126 cm³/mol. The van der Waals surface area contributed by atoms with Crippen molar-refractivity contribution in [3.8, 4) is 0 Å². The number of anilines is 1. The maximum absolute atomic E-state index is 4.79. The van der Waals surface area contributed by atoms with Crippen LogP contribution in [0.3, 0.4) is 0 Å². The first-order chi connectivity index (χ1) is 14.7. The predicted octanol–water partition coefficient (Wildman–Crippen LogP) is 6.81. The van der Waals surface area contributed by atoms with Crippen LogP contribution in [0.1, 0.15) is 68.1 Å². The molecule has 1 heterocycles. The molecule has 1 aliphatic heterocycles. The Kier molecular flexibility index (Phi) is 4.51. The average molecular weight is 399 g/mol. The van der Waals surface area contributed by atoms with E-state index in [1.54, 1.807) is 5.56 Å². The third-order valence-electron chi connectivity index (χ3n) is 8.55. The molecule has 4 aliphatic carbocycles. The molecule has 5 aliphatic rings. The minimum Gasteiger partial charge on any atom is -0.371 e. The standard InChI is InChI=1S/C28H34N2/c1-20-12-21(4-9-27(20)30-10-2-3-11-30)19-29-26-7-5-25(6-8-26)28-16-22-13-23(17-28)15-24(14-22)18-28/h4-9,12,19,22-24H,2-3,10-11,13-18H2,1H3. The average Bonchev–Trinajstić information content (AvgIpc) is 3.26. The van der Waals surface area contributed by atoms with Gasteiger partial charge in [0.15, 0.2) is 0 Å². The molecular formula is C28H34N2. The van der Waals surface area contributed by atoms with E-state index in [4.69, 9.17) is 4.99 Å². The number of nitrogens with zero attached hydrogens (tertiary/aromatic N) is 2. The first-order valence-electron chi connectivity index (χ1n) is 12.2. The lowest BCUT2D eigenvalue weighted by Gasteiger charge is -2.57. The molecule has 1 saturated heterocycles. The lowest BCUT2D eigenvalue weighted by Crippen LogP contribution is -2.48. The van der Waals surface area contributed by atoms with E-state index in [1.165, 1.54) is 81.3 Å². The summed E-state index contributed by atoms with van der Waals surface area (Å²) in [5.41, 5.74) is 7.10. The Balaban J connectivity index is 1.18.